The maximum atomic E-state index is 13.9. The molecule has 0 spiro atoms. The number of allylic oxidation sites excluding steroid dienone is 2. The average Bonchev–Trinajstić information content (AvgIpc) is 3.43. The number of benzene rings is 2. The highest BCUT2D eigenvalue weighted by molar-refractivity contribution is 6.31. The van der Waals surface area contributed by atoms with Gasteiger partial charge in [-0.05, 0) is 57.0 Å². The molecule has 1 saturated heterocycles. The van der Waals surface area contributed by atoms with E-state index < -0.39 is 29.7 Å². The first-order chi connectivity index (χ1) is 22.9. The van der Waals surface area contributed by atoms with Crippen molar-refractivity contribution in [2.24, 2.45) is 7.05 Å². The molecule has 3 N–H and O–H groups in total. The molecule has 0 bridgehead atoms. The molecule has 1 unspecified atom stereocenters. The summed E-state index contributed by atoms with van der Waals surface area (Å²) in [6, 6.07) is 11.3. The number of amides is 3. The van der Waals surface area contributed by atoms with Gasteiger partial charge in [0, 0.05) is 35.9 Å². The number of aromatic hydroxyl groups is 1. The first-order valence-corrected chi connectivity index (χ1v) is 15.9. The first-order valence-electron chi connectivity index (χ1n) is 15.5. The van der Waals surface area contributed by atoms with E-state index in [9.17, 15) is 19.5 Å². The monoisotopic (exact) mass is 671 g/mol. The normalized spacial score (nSPS) is 18.2. The van der Waals surface area contributed by atoms with Crippen molar-refractivity contribution in [3.8, 4) is 28.8 Å². The Morgan fingerprint density at radius 1 is 1.15 bits per heavy atom. The van der Waals surface area contributed by atoms with Gasteiger partial charge in [0.05, 0.1) is 24.8 Å². The molecule has 0 saturated carbocycles. The topological polar surface area (TPSA) is 135 Å². The zero-order valence-corrected chi connectivity index (χ0v) is 28.0. The Balaban J connectivity index is 1.26. The van der Waals surface area contributed by atoms with Crippen molar-refractivity contribution < 1.29 is 29.0 Å². The molecular formula is C36H38ClN5O6. The number of hydrogen-bond donors (Lipinski definition) is 3. The highest BCUT2D eigenvalue weighted by Crippen LogP contribution is 2.32. The Hall–Kier alpha value is -5.05. The van der Waals surface area contributed by atoms with Gasteiger partial charge in [-0.3, -0.25) is 14.3 Å². The molecule has 250 valence electrons. The molecule has 1 aliphatic carbocycles. The van der Waals surface area contributed by atoms with E-state index >= 15 is 0 Å². The number of hydrogen-bond acceptors (Lipinski definition) is 7. The number of halogens is 1. The summed E-state index contributed by atoms with van der Waals surface area (Å²) in [5.41, 5.74) is 2.18. The van der Waals surface area contributed by atoms with E-state index in [0.29, 0.717) is 33.8 Å². The van der Waals surface area contributed by atoms with Gasteiger partial charge < -0.3 is 30.1 Å². The van der Waals surface area contributed by atoms with Crippen LogP contribution in [-0.2, 0) is 26.1 Å². The molecule has 1 aliphatic heterocycles. The molecule has 2 aliphatic rings. The minimum Gasteiger partial charge on any atom is -0.507 e. The van der Waals surface area contributed by atoms with Crippen LogP contribution in [0.25, 0.3) is 11.3 Å². The maximum absolute atomic E-state index is 13.9. The van der Waals surface area contributed by atoms with Crippen molar-refractivity contribution in [3.05, 3.63) is 94.7 Å². The number of rotatable bonds is 6. The van der Waals surface area contributed by atoms with Gasteiger partial charge in [0.1, 0.15) is 29.1 Å². The molecule has 3 atom stereocenters. The van der Waals surface area contributed by atoms with Crippen molar-refractivity contribution in [2.75, 3.05) is 19.8 Å². The predicted octanol–water partition coefficient (Wildman–Crippen LogP) is 4.66. The van der Waals surface area contributed by atoms with Gasteiger partial charge in [0.25, 0.3) is 5.91 Å². The summed E-state index contributed by atoms with van der Waals surface area (Å²) in [4.78, 5) is 41.7. The summed E-state index contributed by atoms with van der Waals surface area (Å²) in [6.07, 6.45) is 7.10. The molecule has 11 nitrogen and oxygen atoms in total. The quantitative estimate of drug-likeness (QED) is 0.325. The molecular weight excluding hydrogens is 634 g/mol. The lowest BCUT2D eigenvalue weighted by Gasteiger charge is -2.37. The van der Waals surface area contributed by atoms with E-state index in [1.807, 2.05) is 24.3 Å². The Kier molecular flexibility index (Phi) is 10.6. The number of alkyl carbamates (subject to hydrolysis) is 1. The Morgan fingerprint density at radius 3 is 2.62 bits per heavy atom. The summed E-state index contributed by atoms with van der Waals surface area (Å²) in [5, 5.41) is 21.0. The van der Waals surface area contributed by atoms with Gasteiger partial charge in [-0.25, -0.2) is 4.79 Å². The molecule has 2 aromatic carbocycles. The van der Waals surface area contributed by atoms with Gasteiger partial charge in [0.15, 0.2) is 0 Å². The van der Waals surface area contributed by atoms with Gasteiger partial charge in [-0.15, -0.1) is 0 Å². The van der Waals surface area contributed by atoms with E-state index in [-0.39, 0.29) is 37.5 Å². The minimum absolute atomic E-state index is 0.0180. The number of carbonyl (C=O) groups excluding carboxylic acids is 3. The maximum Gasteiger partial charge on any atom is 0.408 e. The van der Waals surface area contributed by atoms with Crippen LogP contribution >= 0.6 is 11.6 Å². The number of phenols is 1. The largest absolute Gasteiger partial charge is 0.507 e. The molecule has 5 rings (SSSR count). The fourth-order valence-electron chi connectivity index (χ4n) is 5.32. The van der Waals surface area contributed by atoms with Crippen LogP contribution in [0.15, 0.2) is 78.5 Å². The molecule has 2 heterocycles. The molecule has 48 heavy (non-hydrogen) atoms. The number of aryl methyl sites for hydroxylation is 1. The fourth-order valence-corrected chi connectivity index (χ4v) is 5.50. The van der Waals surface area contributed by atoms with Crippen LogP contribution in [0.1, 0.15) is 44.4 Å². The fraction of sp³-hybridized carbons (Fsp3) is 0.333. The van der Waals surface area contributed by atoms with Crippen molar-refractivity contribution >= 4 is 29.5 Å². The number of carbonyl (C=O) groups is 3. The van der Waals surface area contributed by atoms with E-state index in [4.69, 9.17) is 21.1 Å². The third kappa shape index (κ3) is 8.64. The SMILES string of the molecule is Cn1cc(C#CC2=CCC(NC(=O)[C@@H]3COCCN3C(=O)[C@H](NC(=O)OC(C)(C)C)c3ccccc3)C=C2)c(-c2cc(Cl)ccc2O)n1. The van der Waals surface area contributed by atoms with E-state index in [2.05, 4.69) is 27.6 Å². The molecule has 3 aromatic rings. The molecule has 0 radical (unpaired) electrons. The summed E-state index contributed by atoms with van der Waals surface area (Å²) in [5.74, 6) is 5.51. The summed E-state index contributed by atoms with van der Waals surface area (Å²) < 4.78 is 12.7. The third-order valence-corrected chi connectivity index (χ3v) is 7.80. The summed E-state index contributed by atoms with van der Waals surface area (Å²) >= 11 is 6.15. The summed E-state index contributed by atoms with van der Waals surface area (Å²) in [7, 11) is 1.77. The zero-order valence-electron chi connectivity index (χ0n) is 27.2. The number of ether oxygens (including phenoxy) is 2. The average molecular weight is 672 g/mol. The van der Waals surface area contributed by atoms with Crippen LogP contribution in [0.3, 0.4) is 0 Å². The Labute approximate surface area is 284 Å². The van der Waals surface area contributed by atoms with E-state index in [1.54, 1.807) is 75.1 Å². The number of phenolic OH excluding ortho intramolecular Hbond substituents is 1. The Morgan fingerprint density at radius 2 is 1.92 bits per heavy atom. The lowest BCUT2D eigenvalue weighted by molar-refractivity contribution is -0.150. The second kappa shape index (κ2) is 14.8. The van der Waals surface area contributed by atoms with Crippen molar-refractivity contribution in [1.82, 2.24) is 25.3 Å². The second-order valence-corrected chi connectivity index (χ2v) is 12.9. The highest BCUT2D eigenvalue weighted by Gasteiger charge is 2.38. The van der Waals surface area contributed by atoms with Crippen LogP contribution in [0.4, 0.5) is 4.79 Å². The van der Waals surface area contributed by atoms with Crippen LogP contribution < -0.4 is 10.6 Å². The highest BCUT2D eigenvalue weighted by atomic mass is 35.5. The third-order valence-electron chi connectivity index (χ3n) is 7.57. The van der Waals surface area contributed by atoms with Crippen LogP contribution in [0, 0.1) is 11.8 Å². The van der Waals surface area contributed by atoms with Crippen LogP contribution in [0.5, 0.6) is 5.75 Å². The lowest BCUT2D eigenvalue weighted by Crippen LogP contribution is -2.59. The minimum atomic E-state index is -1.06. The van der Waals surface area contributed by atoms with Gasteiger partial charge in [0.2, 0.25) is 5.91 Å². The second-order valence-electron chi connectivity index (χ2n) is 12.5. The molecule has 3 amide bonds. The van der Waals surface area contributed by atoms with Gasteiger partial charge >= 0.3 is 6.09 Å². The van der Waals surface area contributed by atoms with Crippen LogP contribution in [0.2, 0.25) is 5.02 Å². The predicted molar refractivity (Wildman–Crippen MR) is 181 cm³/mol. The van der Waals surface area contributed by atoms with Gasteiger partial charge in [-0.2, -0.15) is 5.10 Å². The number of nitrogens with zero attached hydrogens (tertiary/aromatic N) is 3. The smallest absolute Gasteiger partial charge is 0.408 e. The van der Waals surface area contributed by atoms with E-state index in [1.165, 1.54) is 11.0 Å². The number of nitrogens with one attached hydrogen (secondary N) is 2. The van der Waals surface area contributed by atoms with Crippen molar-refractivity contribution in [1.29, 1.82) is 0 Å². The van der Waals surface area contributed by atoms with Crippen LogP contribution in [-0.4, -0.2) is 75.1 Å². The summed E-state index contributed by atoms with van der Waals surface area (Å²) in [6.45, 7) is 5.68. The van der Waals surface area contributed by atoms with Gasteiger partial charge in [-0.1, -0.05) is 65.9 Å². The Bertz CT molecular complexity index is 1800. The number of aromatic nitrogens is 2. The molecule has 1 fully saturated rings. The molecule has 12 heteroatoms. The van der Waals surface area contributed by atoms with Crippen molar-refractivity contribution in [2.45, 2.75) is 50.9 Å². The molecule has 1 aromatic heterocycles. The lowest BCUT2D eigenvalue weighted by atomic mass is 10.0. The zero-order chi connectivity index (χ0) is 34.4. The van der Waals surface area contributed by atoms with Crippen molar-refractivity contribution in [3.63, 3.8) is 0 Å². The van der Waals surface area contributed by atoms with E-state index in [0.717, 1.165) is 5.57 Å². The number of morpholine rings is 1. The standard InChI is InChI=1S/C36H38ClN5O6/c1-36(2,3)48-35(46)39-32(24-8-6-5-7-9-24)34(45)42-18-19-47-22-29(42)33(44)38-27-15-11-23(12-16-27)10-13-25-21-41(4)40-31(25)28-20-26(37)14-17-30(28)43/h5-9,11-12,14-15,17,20-21,27,29,32,43H,16,18-19,22H2,1-4H3,(H,38,44)(H,39,46)/t27?,29-,32+/m0/s1. The first kappa shape index (κ1) is 34.3.